The summed E-state index contributed by atoms with van der Waals surface area (Å²) in [5.41, 5.74) is 0.811. The number of hydrogen-bond donors (Lipinski definition) is 1. The van der Waals surface area contributed by atoms with Gasteiger partial charge in [0.25, 0.3) is 0 Å². The molecule has 1 N–H and O–H groups in total. The number of hydrogen-bond acceptors (Lipinski definition) is 3. The number of rotatable bonds is 5. The minimum atomic E-state index is -0.288. The van der Waals surface area contributed by atoms with Crippen LogP contribution in [0.3, 0.4) is 0 Å². The summed E-state index contributed by atoms with van der Waals surface area (Å²) in [4.78, 5) is 2.47. The van der Waals surface area contributed by atoms with Crippen molar-refractivity contribution in [3.8, 4) is 5.75 Å². The third-order valence-electron chi connectivity index (χ3n) is 2.60. The molecule has 1 aromatic heterocycles. The lowest BCUT2D eigenvalue weighted by molar-refractivity contribution is 0.340. The first-order valence-electron chi connectivity index (χ1n) is 6.01. The molecule has 0 fully saturated rings. The first-order valence-corrected chi connectivity index (χ1v) is 7.62. The smallest absolute Gasteiger partial charge is 0.145 e. The van der Waals surface area contributed by atoms with E-state index in [1.54, 1.807) is 17.4 Å². The second-order valence-corrected chi connectivity index (χ2v) is 6.24. The van der Waals surface area contributed by atoms with Crippen LogP contribution in [0.25, 0.3) is 0 Å². The largest absolute Gasteiger partial charge is 0.492 e. The third-order valence-corrected chi connectivity index (χ3v) is 4.74. The number of benzene rings is 1. The van der Waals surface area contributed by atoms with Gasteiger partial charge in [0.15, 0.2) is 0 Å². The van der Waals surface area contributed by atoms with E-state index >= 15 is 0 Å². The standard InChI is InChI=1S/C14H15BrFNOS/c1-3-18-14-6-10(16)4-5-13(14)17-8-11-7-12(15)9(2)19-11/h4-7,17H,3,8H2,1-2H3. The summed E-state index contributed by atoms with van der Waals surface area (Å²) in [5, 5.41) is 3.28. The molecule has 0 aliphatic rings. The number of anilines is 1. The Morgan fingerprint density at radius 1 is 1.37 bits per heavy atom. The first kappa shape index (κ1) is 14.3. The highest BCUT2D eigenvalue weighted by Gasteiger charge is 2.07. The second kappa shape index (κ2) is 6.39. The van der Waals surface area contributed by atoms with Gasteiger partial charge >= 0.3 is 0 Å². The fraction of sp³-hybridized carbons (Fsp3) is 0.286. The molecule has 102 valence electrons. The van der Waals surface area contributed by atoms with Crippen LogP contribution < -0.4 is 10.1 Å². The van der Waals surface area contributed by atoms with E-state index in [0.717, 1.165) is 10.2 Å². The van der Waals surface area contributed by atoms with Gasteiger partial charge in [0.05, 0.1) is 12.3 Å². The van der Waals surface area contributed by atoms with Crippen LogP contribution in [-0.4, -0.2) is 6.61 Å². The van der Waals surface area contributed by atoms with Gasteiger partial charge in [-0.2, -0.15) is 0 Å². The lowest BCUT2D eigenvalue weighted by Crippen LogP contribution is -2.02. The Bertz CT molecular complexity index is 551. The molecule has 0 saturated heterocycles. The van der Waals surface area contributed by atoms with Gasteiger partial charge in [-0.05, 0) is 48.0 Å². The molecule has 2 aromatic rings. The van der Waals surface area contributed by atoms with Crippen molar-refractivity contribution in [3.05, 3.63) is 44.3 Å². The molecule has 19 heavy (non-hydrogen) atoms. The molecule has 0 aliphatic carbocycles. The van der Waals surface area contributed by atoms with E-state index in [9.17, 15) is 4.39 Å². The molecule has 1 heterocycles. The van der Waals surface area contributed by atoms with Crippen molar-refractivity contribution in [2.24, 2.45) is 0 Å². The molecule has 0 unspecified atom stereocenters. The minimum Gasteiger partial charge on any atom is -0.492 e. The van der Waals surface area contributed by atoms with Crippen molar-refractivity contribution in [2.75, 3.05) is 11.9 Å². The molecule has 0 radical (unpaired) electrons. The Hall–Kier alpha value is -1.07. The molecule has 0 amide bonds. The average molecular weight is 344 g/mol. The lowest BCUT2D eigenvalue weighted by Gasteiger charge is -2.11. The van der Waals surface area contributed by atoms with Crippen LogP contribution in [0.1, 0.15) is 16.7 Å². The molecule has 1 aromatic carbocycles. The molecular weight excluding hydrogens is 329 g/mol. The van der Waals surface area contributed by atoms with Gasteiger partial charge in [-0.25, -0.2) is 4.39 Å². The molecule has 0 bridgehead atoms. The maximum atomic E-state index is 13.2. The number of halogens is 2. The molecular formula is C14H15BrFNOS. The zero-order chi connectivity index (χ0) is 13.8. The zero-order valence-electron chi connectivity index (χ0n) is 10.8. The molecule has 5 heteroatoms. The Balaban J connectivity index is 2.10. The van der Waals surface area contributed by atoms with E-state index < -0.39 is 0 Å². The summed E-state index contributed by atoms with van der Waals surface area (Å²) < 4.78 is 19.7. The minimum absolute atomic E-state index is 0.288. The highest BCUT2D eigenvalue weighted by Crippen LogP contribution is 2.29. The van der Waals surface area contributed by atoms with Crippen LogP contribution in [0.5, 0.6) is 5.75 Å². The molecule has 0 saturated carbocycles. The van der Waals surface area contributed by atoms with Crippen molar-refractivity contribution in [3.63, 3.8) is 0 Å². The molecule has 2 rings (SSSR count). The monoisotopic (exact) mass is 343 g/mol. The van der Waals surface area contributed by atoms with Crippen molar-refractivity contribution in [1.82, 2.24) is 0 Å². The Labute approximate surface area is 124 Å². The van der Waals surface area contributed by atoms with Crippen LogP contribution in [-0.2, 0) is 6.54 Å². The molecule has 0 atom stereocenters. The normalized spacial score (nSPS) is 10.5. The topological polar surface area (TPSA) is 21.3 Å². The molecule has 2 nitrogen and oxygen atoms in total. The number of thiophene rings is 1. The maximum absolute atomic E-state index is 13.2. The number of nitrogens with one attached hydrogen (secondary N) is 1. The van der Waals surface area contributed by atoms with Crippen molar-refractivity contribution >= 4 is 33.0 Å². The fourth-order valence-corrected chi connectivity index (χ4v) is 3.25. The molecule has 0 aliphatic heterocycles. The Morgan fingerprint density at radius 2 is 2.16 bits per heavy atom. The predicted molar refractivity (Wildman–Crippen MR) is 81.7 cm³/mol. The summed E-state index contributed by atoms with van der Waals surface area (Å²) in [6.07, 6.45) is 0. The first-order chi connectivity index (χ1) is 9.10. The molecule has 0 spiro atoms. The van der Waals surface area contributed by atoms with E-state index in [2.05, 4.69) is 34.2 Å². The summed E-state index contributed by atoms with van der Waals surface area (Å²) in [7, 11) is 0. The van der Waals surface area contributed by atoms with Gasteiger partial charge < -0.3 is 10.1 Å². The van der Waals surface area contributed by atoms with Crippen LogP contribution >= 0.6 is 27.3 Å². The lowest BCUT2D eigenvalue weighted by atomic mass is 10.2. The van der Waals surface area contributed by atoms with Gasteiger partial charge in [-0.3, -0.25) is 0 Å². The zero-order valence-corrected chi connectivity index (χ0v) is 13.2. The van der Waals surface area contributed by atoms with Gasteiger partial charge in [0.1, 0.15) is 11.6 Å². The second-order valence-electron chi connectivity index (χ2n) is 4.04. The van der Waals surface area contributed by atoms with Gasteiger partial charge in [0.2, 0.25) is 0 Å². The Morgan fingerprint density at radius 3 is 2.79 bits per heavy atom. The van der Waals surface area contributed by atoms with Crippen molar-refractivity contribution in [2.45, 2.75) is 20.4 Å². The summed E-state index contributed by atoms with van der Waals surface area (Å²) in [5.74, 6) is 0.263. The number of ether oxygens (including phenoxy) is 1. The SMILES string of the molecule is CCOc1cc(F)ccc1NCc1cc(Br)c(C)s1. The van der Waals surface area contributed by atoms with E-state index in [1.165, 1.54) is 21.9 Å². The third kappa shape index (κ3) is 3.70. The highest BCUT2D eigenvalue weighted by atomic mass is 79.9. The Kier molecular flexibility index (Phi) is 4.82. The van der Waals surface area contributed by atoms with Gasteiger partial charge in [0, 0.05) is 26.8 Å². The summed E-state index contributed by atoms with van der Waals surface area (Å²) in [6, 6.07) is 6.63. The van der Waals surface area contributed by atoms with Crippen molar-refractivity contribution in [1.29, 1.82) is 0 Å². The fourth-order valence-electron chi connectivity index (χ4n) is 1.70. The van der Waals surface area contributed by atoms with Crippen LogP contribution in [0.4, 0.5) is 10.1 Å². The van der Waals surface area contributed by atoms with Crippen LogP contribution in [0, 0.1) is 12.7 Å². The van der Waals surface area contributed by atoms with E-state index in [-0.39, 0.29) is 5.82 Å². The van der Waals surface area contributed by atoms with Crippen LogP contribution in [0.2, 0.25) is 0 Å². The maximum Gasteiger partial charge on any atom is 0.145 e. The highest BCUT2D eigenvalue weighted by molar-refractivity contribution is 9.10. The van der Waals surface area contributed by atoms with E-state index in [4.69, 9.17) is 4.74 Å². The van der Waals surface area contributed by atoms with E-state index in [0.29, 0.717) is 18.9 Å². The summed E-state index contributed by atoms with van der Waals surface area (Å²) in [6.45, 7) is 5.17. The summed E-state index contributed by atoms with van der Waals surface area (Å²) >= 11 is 5.23. The van der Waals surface area contributed by atoms with Gasteiger partial charge in [-0.1, -0.05) is 0 Å². The van der Waals surface area contributed by atoms with Gasteiger partial charge in [-0.15, -0.1) is 11.3 Å². The van der Waals surface area contributed by atoms with E-state index in [1.807, 2.05) is 6.92 Å². The average Bonchev–Trinajstić information content (AvgIpc) is 2.68. The van der Waals surface area contributed by atoms with Crippen LogP contribution in [0.15, 0.2) is 28.7 Å². The van der Waals surface area contributed by atoms with Crippen molar-refractivity contribution < 1.29 is 9.13 Å². The predicted octanol–water partition coefficient (Wildman–Crippen LogP) is 4.97. The quantitative estimate of drug-likeness (QED) is 0.827. The number of aryl methyl sites for hydroxylation is 1.